The van der Waals surface area contributed by atoms with Crippen LogP contribution in [-0.4, -0.2) is 45.6 Å². The van der Waals surface area contributed by atoms with Crippen LogP contribution in [0.25, 0.3) is 0 Å². The lowest BCUT2D eigenvalue weighted by Gasteiger charge is -2.13. The van der Waals surface area contributed by atoms with Gasteiger partial charge in [0.25, 0.3) is 0 Å². The largest absolute Gasteiger partial charge is 0.460 e. The monoisotopic (exact) mass is 503 g/mol. The first-order valence-corrected chi connectivity index (χ1v) is 11.4. The summed E-state index contributed by atoms with van der Waals surface area (Å²) in [6.45, 7) is 2.38. The van der Waals surface area contributed by atoms with E-state index in [1.807, 2.05) is 30.3 Å². The molecule has 36 heavy (non-hydrogen) atoms. The highest BCUT2D eigenvalue weighted by molar-refractivity contribution is 5.96. The van der Waals surface area contributed by atoms with Crippen molar-refractivity contribution in [1.29, 1.82) is 0 Å². The van der Waals surface area contributed by atoms with Gasteiger partial charge in [0, 0.05) is 5.69 Å². The number of carbonyl (C=O) groups is 1. The van der Waals surface area contributed by atoms with Gasteiger partial charge in [-0.05, 0) is 35.9 Å². The third kappa shape index (κ3) is 9.33. The molecule has 0 bridgehead atoms. The average Bonchev–Trinajstić information content (AvgIpc) is 2.88. The van der Waals surface area contributed by atoms with Crippen LogP contribution < -0.4 is 5.32 Å². The van der Waals surface area contributed by atoms with Crippen LogP contribution in [0.4, 0.5) is 24.5 Å². The van der Waals surface area contributed by atoms with Gasteiger partial charge in [0.15, 0.2) is 0 Å². The molecule has 0 aliphatic carbocycles. The van der Waals surface area contributed by atoms with Gasteiger partial charge < -0.3 is 24.3 Å². The summed E-state index contributed by atoms with van der Waals surface area (Å²) in [7, 11) is 0. The summed E-state index contributed by atoms with van der Waals surface area (Å²) in [6.07, 6.45) is -4.46. The van der Waals surface area contributed by atoms with Gasteiger partial charge in [-0.3, -0.25) is 0 Å². The molecule has 0 radical (unpaired) electrons. The van der Waals surface area contributed by atoms with E-state index in [-0.39, 0.29) is 24.5 Å². The molecule has 1 N–H and O–H groups in total. The molecule has 0 saturated carbocycles. The lowest BCUT2D eigenvalue weighted by molar-refractivity contribution is -0.137. The maximum atomic E-state index is 13.0. The van der Waals surface area contributed by atoms with Crippen molar-refractivity contribution in [1.82, 2.24) is 0 Å². The standard InChI is InChI=1S/C27H28F3NO5/c28-27(29,30)22-9-6-10-23(19-22)31-25-12-5-4-11-24(25)26(32)36-18-17-34-14-13-33-15-16-35-20-21-7-2-1-3-8-21/h1-12,19,31H,13-18,20H2. The van der Waals surface area contributed by atoms with Crippen LogP contribution in [0.2, 0.25) is 0 Å². The summed E-state index contributed by atoms with van der Waals surface area (Å²) >= 11 is 0. The first-order chi connectivity index (χ1) is 17.4. The van der Waals surface area contributed by atoms with Gasteiger partial charge in [-0.25, -0.2) is 4.79 Å². The predicted molar refractivity (Wildman–Crippen MR) is 129 cm³/mol. The van der Waals surface area contributed by atoms with E-state index in [0.29, 0.717) is 38.7 Å². The molecule has 0 aliphatic heterocycles. The maximum absolute atomic E-state index is 13.0. The quantitative estimate of drug-likeness (QED) is 0.220. The van der Waals surface area contributed by atoms with Crippen molar-refractivity contribution >= 4 is 17.3 Å². The molecule has 0 heterocycles. The number of ether oxygens (including phenoxy) is 4. The number of halogens is 3. The highest BCUT2D eigenvalue weighted by Gasteiger charge is 2.30. The zero-order valence-electron chi connectivity index (χ0n) is 19.6. The molecule has 0 aliphatic rings. The van der Waals surface area contributed by atoms with E-state index in [9.17, 15) is 18.0 Å². The summed E-state index contributed by atoms with van der Waals surface area (Å²) in [4.78, 5) is 12.5. The fraction of sp³-hybridized carbons (Fsp3) is 0.296. The Hall–Kier alpha value is -3.40. The third-order valence-electron chi connectivity index (χ3n) is 4.93. The first-order valence-electron chi connectivity index (χ1n) is 11.4. The molecule has 3 rings (SSSR count). The first kappa shape index (κ1) is 27.2. The van der Waals surface area contributed by atoms with Crippen LogP contribution in [0, 0.1) is 0 Å². The summed E-state index contributed by atoms with van der Waals surface area (Å²) in [6, 6.07) is 21.0. The number of hydrogen-bond acceptors (Lipinski definition) is 6. The van der Waals surface area contributed by atoms with Gasteiger partial charge in [-0.1, -0.05) is 48.5 Å². The van der Waals surface area contributed by atoms with E-state index in [0.717, 1.165) is 17.7 Å². The van der Waals surface area contributed by atoms with E-state index in [2.05, 4.69) is 5.32 Å². The van der Waals surface area contributed by atoms with Crippen molar-refractivity contribution in [2.45, 2.75) is 12.8 Å². The number of nitrogens with one attached hydrogen (secondary N) is 1. The molecule has 0 fully saturated rings. The fourth-order valence-electron chi connectivity index (χ4n) is 3.17. The molecule has 0 saturated heterocycles. The lowest BCUT2D eigenvalue weighted by Crippen LogP contribution is -2.15. The molecular formula is C27H28F3NO5. The number of hydrogen-bond donors (Lipinski definition) is 1. The molecule has 0 aromatic heterocycles. The summed E-state index contributed by atoms with van der Waals surface area (Å²) < 4.78 is 60.5. The topological polar surface area (TPSA) is 66.0 Å². The minimum Gasteiger partial charge on any atom is -0.460 e. The average molecular weight is 504 g/mol. The lowest BCUT2D eigenvalue weighted by atomic mass is 10.1. The number of rotatable bonds is 14. The molecule has 0 amide bonds. The number of alkyl halides is 3. The van der Waals surface area contributed by atoms with Crippen molar-refractivity contribution < 1.29 is 36.9 Å². The Labute approximate surface area is 207 Å². The Kier molecular flexibility index (Phi) is 10.7. The molecule has 0 atom stereocenters. The van der Waals surface area contributed by atoms with E-state index >= 15 is 0 Å². The van der Waals surface area contributed by atoms with Crippen molar-refractivity contribution in [3.8, 4) is 0 Å². The van der Waals surface area contributed by atoms with Crippen LogP contribution in [0.3, 0.4) is 0 Å². The van der Waals surface area contributed by atoms with E-state index in [1.165, 1.54) is 18.2 Å². The Bertz CT molecular complexity index is 1080. The number of anilines is 2. The van der Waals surface area contributed by atoms with E-state index in [1.54, 1.807) is 18.2 Å². The van der Waals surface area contributed by atoms with Crippen molar-refractivity contribution in [3.05, 3.63) is 95.6 Å². The van der Waals surface area contributed by atoms with Gasteiger partial charge in [0.1, 0.15) is 6.61 Å². The Morgan fingerprint density at radius 3 is 2.08 bits per heavy atom. The molecule has 6 nitrogen and oxygen atoms in total. The summed E-state index contributed by atoms with van der Waals surface area (Å²) in [5.74, 6) is -0.611. The van der Waals surface area contributed by atoms with E-state index < -0.39 is 17.7 Å². The second kappa shape index (κ2) is 14.2. The molecule has 3 aromatic carbocycles. The number of carbonyl (C=O) groups excluding carboxylic acids is 1. The second-order valence-electron chi connectivity index (χ2n) is 7.65. The normalized spacial score (nSPS) is 11.3. The number of benzene rings is 3. The molecular weight excluding hydrogens is 475 g/mol. The van der Waals surface area contributed by atoms with Crippen LogP contribution in [0.15, 0.2) is 78.9 Å². The number of para-hydroxylation sites is 1. The molecule has 192 valence electrons. The fourth-order valence-corrected chi connectivity index (χ4v) is 3.17. The van der Waals surface area contributed by atoms with Gasteiger partial charge in [-0.2, -0.15) is 13.2 Å². The maximum Gasteiger partial charge on any atom is 0.416 e. The van der Waals surface area contributed by atoms with Crippen LogP contribution in [0.5, 0.6) is 0 Å². The van der Waals surface area contributed by atoms with E-state index in [4.69, 9.17) is 18.9 Å². The molecule has 0 spiro atoms. The van der Waals surface area contributed by atoms with Gasteiger partial charge in [-0.15, -0.1) is 0 Å². The second-order valence-corrected chi connectivity index (χ2v) is 7.65. The van der Waals surface area contributed by atoms with Crippen LogP contribution in [-0.2, 0) is 31.7 Å². The predicted octanol–water partition coefficient (Wildman–Crippen LogP) is 5.86. The SMILES string of the molecule is O=C(OCCOCCOCCOCc1ccccc1)c1ccccc1Nc1cccc(C(F)(F)F)c1. The Morgan fingerprint density at radius 2 is 1.36 bits per heavy atom. The Morgan fingerprint density at radius 1 is 0.722 bits per heavy atom. The van der Waals surface area contributed by atoms with Gasteiger partial charge in [0.05, 0.1) is 56.5 Å². The zero-order chi connectivity index (χ0) is 25.6. The minimum absolute atomic E-state index is 0.0247. The van der Waals surface area contributed by atoms with Crippen molar-refractivity contribution in [2.75, 3.05) is 45.0 Å². The summed E-state index contributed by atoms with van der Waals surface area (Å²) in [5.41, 5.74) is 1.07. The minimum atomic E-state index is -4.46. The molecule has 9 heteroatoms. The molecule has 3 aromatic rings. The van der Waals surface area contributed by atoms with Crippen molar-refractivity contribution in [2.24, 2.45) is 0 Å². The van der Waals surface area contributed by atoms with Crippen LogP contribution in [0.1, 0.15) is 21.5 Å². The summed E-state index contributed by atoms with van der Waals surface area (Å²) in [5, 5.41) is 2.86. The smallest absolute Gasteiger partial charge is 0.416 e. The Balaban J connectivity index is 1.31. The third-order valence-corrected chi connectivity index (χ3v) is 4.93. The van der Waals surface area contributed by atoms with Gasteiger partial charge >= 0.3 is 12.1 Å². The van der Waals surface area contributed by atoms with Crippen LogP contribution >= 0.6 is 0 Å². The highest BCUT2D eigenvalue weighted by atomic mass is 19.4. The molecule has 0 unspecified atom stereocenters. The zero-order valence-corrected chi connectivity index (χ0v) is 19.6. The van der Waals surface area contributed by atoms with Gasteiger partial charge in [0.2, 0.25) is 0 Å². The highest BCUT2D eigenvalue weighted by Crippen LogP contribution is 2.32. The van der Waals surface area contributed by atoms with Crippen molar-refractivity contribution in [3.63, 3.8) is 0 Å². The number of esters is 1.